The van der Waals surface area contributed by atoms with Crippen LogP contribution in [0.5, 0.6) is 0 Å². The Morgan fingerprint density at radius 2 is 1.76 bits per heavy atom. The zero-order chi connectivity index (χ0) is 21.1. The van der Waals surface area contributed by atoms with Gasteiger partial charge in [0, 0.05) is 31.1 Å². The van der Waals surface area contributed by atoms with Crippen LogP contribution in [0.4, 0.5) is 0 Å². The summed E-state index contributed by atoms with van der Waals surface area (Å²) >= 11 is 0. The Hall–Kier alpha value is -1.24. The van der Waals surface area contributed by atoms with Crippen LogP contribution >= 0.6 is 0 Å². The first-order valence-corrected chi connectivity index (χ1v) is 11.3. The van der Waals surface area contributed by atoms with Crippen LogP contribution in [0.2, 0.25) is 0 Å². The highest BCUT2D eigenvalue weighted by molar-refractivity contribution is 5.89. The average Bonchev–Trinajstić information content (AvgIpc) is 3.27. The molecule has 166 valence electrons. The Morgan fingerprint density at radius 3 is 2.45 bits per heavy atom. The highest BCUT2D eigenvalue weighted by atomic mass is 16.7. The van der Waals surface area contributed by atoms with E-state index in [4.69, 9.17) is 9.47 Å². The van der Waals surface area contributed by atoms with Crippen LogP contribution in [0.1, 0.15) is 77.6 Å². The van der Waals surface area contributed by atoms with Crippen LogP contribution in [-0.2, 0) is 23.8 Å². The molecular formula is C23H38O6. The summed E-state index contributed by atoms with van der Waals surface area (Å²) in [5, 5.41) is 10.7. The minimum Gasteiger partial charge on any atom is -0.469 e. The molecule has 0 radical (unpaired) electrons. The van der Waals surface area contributed by atoms with Gasteiger partial charge in [-0.15, -0.1) is 0 Å². The third-order valence-electron chi connectivity index (χ3n) is 6.15. The monoisotopic (exact) mass is 410 g/mol. The SMILES string of the molecule is CCCCCC(=O)C=C[C@H]1[C@H](O)CC2(OCCO2)[C@@H]1CCCCCCC(=O)OC. The summed E-state index contributed by atoms with van der Waals surface area (Å²) in [5.41, 5.74) is 0. The molecule has 1 spiro atoms. The van der Waals surface area contributed by atoms with E-state index >= 15 is 0 Å². The molecule has 0 aromatic heterocycles. The number of hydrogen-bond donors (Lipinski definition) is 1. The van der Waals surface area contributed by atoms with Gasteiger partial charge in [-0.3, -0.25) is 9.59 Å². The van der Waals surface area contributed by atoms with Gasteiger partial charge >= 0.3 is 5.97 Å². The lowest BCUT2D eigenvalue weighted by molar-refractivity contribution is -0.187. The number of carbonyl (C=O) groups excluding carboxylic acids is 2. The van der Waals surface area contributed by atoms with Crippen LogP contribution < -0.4 is 0 Å². The first kappa shape index (κ1) is 24.0. The molecule has 2 fully saturated rings. The maximum Gasteiger partial charge on any atom is 0.305 e. The van der Waals surface area contributed by atoms with Gasteiger partial charge in [0.2, 0.25) is 0 Å². The number of rotatable bonds is 13. The summed E-state index contributed by atoms with van der Waals surface area (Å²) in [5.74, 6) is -0.837. The van der Waals surface area contributed by atoms with Crippen LogP contribution in [0.3, 0.4) is 0 Å². The smallest absolute Gasteiger partial charge is 0.305 e. The zero-order valence-electron chi connectivity index (χ0n) is 18.1. The molecule has 2 rings (SSSR count). The number of methoxy groups -OCH3 is 1. The summed E-state index contributed by atoms with van der Waals surface area (Å²) in [6.45, 7) is 3.22. The number of ketones is 1. The van der Waals surface area contributed by atoms with E-state index in [1.54, 1.807) is 6.08 Å². The fourth-order valence-electron chi connectivity index (χ4n) is 4.56. The van der Waals surface area contributed by atoms with Gasteiger partial charge in [-0.05, 0) is 25.3 Å². The van der Waals surface area contributed by atoms with Crippen molar-refractivity contribution < 1.29 is 28.9 Å². The molecule has 1 saturated heterocycles. The second-order valence-electron chi connectivity index (χ2n) is 8.28. The molecule has 0 unspecified atom stereocenters. The number of unbranched alkanes of at least 4 members (excludes halogenated alkanes) is 5. The summed E-state index contributed by atoms with van der Waals surface area (Å²) in [4.78, 5) is 23.3. The maximum atomic E-state index is 12.1. The molecule has 1 N–H and O–H groups in total. The van der Waals surface area contributed by atoms with E-state index in [2.05, 4.69) is 11.7 Å². The predicted octanol–water partition coefficient (Wildman–Crippen LogP) is 3.95. The van der Waals surface area contributed by atoms with E-state index in [1.165, 1.54) is 7.11 Å². The molecule has 1 aliphatic heterocycles. The molecular weight excluding hydrogens is 372 g/mol. The number of ether oxygens (including phenoxy) is 3. The number of esters is 1. The number of carbonyl (C=O) groups is 2. The van der Waals surface area contributed by atoms with Gasteiger partial charge in [0.05, 0.1) is 26.4 Å². The molecule has 0 bridgehead atoms. The number of aliphatic hydroxyl groups excluding tert-OH is 1. The van der Waals surface area contributed by atoms with E-state index < -0.39 is 11.9 Å². The fourth-order valence-corrected chi connectivity index (χ4v) is 4.56. The van der Waals surface area contributed by atoms with Crippen molar-refractivity contribution >= 4 is 11.8 Å². The Balaban J connectivity index is 1.88. The van der Waals surface area contributed by atoms with Crippen molar-refractivity contribution in [2.45, 2.75) is 89.4 Å². The van der Waals surface area contributed by atoms with Gasteiger partial charge in [0.15, 0.2) is 11.6 Å². The van der Waals surface area contributed by atoms with Gasteiger partial charge in [0.25, 0.3) is 0 Å². The van der Waals surface area contributed by atoms with E-state index in [9.17, 15) is 14.7 Å². The lowest BCUT2D eigenvalue weighted by Crippen LogP contribution is -2.36. The summed E-state index contributed by atoms with van der Waals surface area (Å²) in [6.07, 6.45) is 12.2. The third kappa shape index (κ3) is 7.19. The summed E-state index contributed by atoms with van der Waals surface area (Å²) in [7, 11) is 1.41. The lowest BCUT2D eigenvalue weighted by Gasteiger charge is -2.31. The Labute approximate surface area is 175 Å². The van der Waals surface area contributed by atoms with Gasteiger partial charge in [-0.2, -0.15) is 0 Å². The number of allylic oxidation sites excluding steroid dienone is 1. The topological polar surface area (TPSA) is 82.1 Å². The minimum absolute atomic E-state index is 0.0419. The molecule has 0 amide bonds. The van der Waals surface area contributed by atoms with Gasteiger partial charge in [-0.1, -0.05) is 45.1 Å². The zero-order valence-corrected chi connectivity index (χ0v) is 18.1. The minimum atomic E-state index is -0.717. The normalized spacial score (nSPS) is 25.8. The molecule has 1 heterocycles. The molecule has 29 heavy (non-hydrogen) atoms. The van der Waals surface area contributed by atoms with Crippen molar-refractivity contribution in [2.75, 3.05) is 20.3 Å². The van der Waals surface area contributed by atoms with E-state index in [1.807, 2.05) is 6.08 Å². The van der Waals surface area contributed by atoms with Crippen molar-refractivity contribution in [1.29, 1.82) is 0 Å². The predicted molar refractivity (Wildman–Crippen MR) is 110 cm³/mol. The van der Waals surface area contributed by atoms with Gasteiger partial charge in [0.1, 0.15) is 0 Å². The van der Waals surface area contributed by atoms with E-state index in [0.717, 1.165) is 51.4 Å². The number of hydrogen-bond acceptors (Lipinski definition) is 6. The lowest BCUT2D eigenvalue weighted by atomic mass is 9.86. The van der Waals surface area contributed by atoms with Crippen molar-refractivity contribution in [2.24, 2.45) is 11.8 Å². The second-order valence-corrected chi connectivity index (χ2v) is 8.28. The third-order valence-corrected chi connectivity index (χ3v) is 6.15. The molecule has 6 heteroatoms. The molecule has 6 nitrogen and oxygen atoms in total. The molecule has 0 aromatic rings. The van der Waals surface area contributed by atoms with Crippen molar-refractivity contribution in [3.63, 3.8) is 0 Å². The van der Waals surface area contributed by atoms with E-state index in [-0.39, 0.29) is 23.6 Å². The van der Waals surface area contributed by atoms with Crippen LogP contribution in [0.15, 0.2) is 12.2 Å². The molecule has 1 aliphatic carbocycles. The van der Waals surface area contributed by atoms with Crippen LogP contribution in [-0.4, -0.2) is 49.1 Å². The Bertz CT molecular complexity index is 537. The van der Waals surface area contributed by atoms with Gasteiger partial charge in [-0.25, -0.2) is 0 Å². The van der Waals surface area contributed by atoms with E-state index in [0.29, 0.717) is 32.5 Å². The van der Waals surface area contributed by atoms with Crippen molar-refractivity contribution in [3.05, 3.63) is 12.2 Å². The Kier molecular flexibility index (Phi) is 10.3. The molecule has 2 aliphatic rings. The maximum absolute atomic E-state index is 12.1. The molecule has 0 aromatic carbocycles. The first-order chi connectivity index (χ1) is 14.0. The van der Waals surface area contributed by atoms with Crippen molar-refractivity contribution in [3.8, 4) is 0 Å². The standard InChI is InChI=1S/C23H38O6/c1-3-4-7-10-18(24)13-14-19-20(11-8-5-6-9-12-22(26)27-2)23(17-21(19)25)28-15-16-29-23/h13-14,19-21,25H,3-12,15-17H2,1-2H3/t19-,20-,21-/m1/s1. The highest BCUT2D eigenvalue weighted by Crippen LogP contribution is 2.49. The molecule has 3 atom stereocenters. The second kappa shape index (κ2) is 12.5. The fraction of sp³-hybridized carbons (Fsp3) is 0.826. The largest absolute Gasteiger partial charge is 0.469 e. The van der Waals surface area contributed by atoms with Gasteiger partial charge < -0.3 is 19.3 Å². The summed E-state index contributed by atoms with van der Waals surface area (Å²) < 4.78 is 16.6. The first-order valence-electron chi connectivity index (χ1n) is 11.3. The molecule has 1 saturated carbocycles. The number of aliphatic hydroxyl groups is 1. The Morgan fingerprint density at radius 1 is 1.07 bits per heavy atom. The van der Waals surface area contributed by atoms with Crippen LogP contribution in [0, 0.1) is 11.8 Å². The quantitative estimate of drug-likeness (QED) is 0.281. The van der Waals surface area contributed by atoms with Crippen molar-refractivity contribution in [1.82, 2.24) is 0 Å². The summed E-state index contributed by atoms with van der Waals surface area (Å²) in [6, 6.07) is 0. The highest BCUT2D eigenvalue weighted by Gasteiger charge is 2.55. The van der Waals surface area contributed by atoms with Crippen LogP contribution in [0.25, 0.3) is 0 Å². The average molecular weight is 411 g/mol.